The molecule has 0 spiro atoms. The number of aromatic nitrogens is 2. The highest BCUT2D eigenvalue weighted by molar-refractivity contribution is 5.87. The largest absolute Gasteiger partial charge is 0.395 e. The van der Waals surface area contributed by atoms with Crippen LogP contribution in [0, 0.1) is 12.7 Å². The van der Waals surface area contributed by atoms with Gasteiger partial charge < -0.3 is 29.6 Å². The minimum Gasteiger partial charge on any atom is -0.395 e. The van der Waals surface area contributed by atoms with Crippen LogP contribution < -0.4 is 10.6 Å². The summed E-state index contributed by atoms with van der Waals surface area (Å²) >= 11 is 0. The molecule has 0 aliphatic heterocycles. The second kappa shape index (κ2) is 17.0. The molecule has 47 heavy (non-hydrogen) atoms. The maximum absolute atomic E-state index is 13.1. The van der Waals surface area contributed by atoms with Gasteiger partial charge in [-0.2, -0.15) is 0 Å². The van der Waals surface area contributed by atoms with Crippen LogP contribution in [0.15, 0.2) is 109 Å². The number of rotatable bonds is 14. The average Bonchev–Trinajstić information content (AvgIpc) is 3.63. The van der Waals surface area contributed by atoms with Crippen molar-refractivity contribution < 1.29 is 14.2 Å². The van der Waals surface area contributed by atoms with Crippen molar-refractivity contribution in [1.82, 2.24) is 19.8 Å². The Morgan fingerprint density at radius 2 is 1.38 bits per heavy atom. The van der Waals surface area contributed by atoms with E-state index in [-0.39, 0.29) is 12.4 Å². The summed E-state index contributed by atoms with van der Waals surface area (Å²) in [6.45, 7) is 11.8. The number of aryl methyl sites for hydroxylation is 1. The molecule has 4 aromatic carbocycles. The van der Waals surface area contributed by atoms with Crippen LogP contribution in [0.25, 0.3) is 21.8 Å². The molecule has 0 atom stereocenters. The molecule has 0 fully saturated rings. The van der Waals surface area contributed by atoms with Crippen molar-refractivity contribution in [2.75, 3.05) is 26.3 Å². The Morgan fingerprint density at radius 3 is 2.13 bits per heavy atom. The lowest BCUT2D eigenvalue weighted by Gasteiger charge is -2.10. The van der Waals surface area contributed by atoms with Crippen LogP contribution >= 0.6 is 0 Å². The molecule has 6 nitrogen and oxygen atoms in total. The third-order valence-electron chi connectivity index (χ3n) is 8.20. The van der Waals surface area contributed by atoms with Crippen LogP contribution in [0.2, 0.25) is 0 Å². The summed E-state index contributed by atoms with van der Waals surface area (Å²) in [7, 11) is 0. The third kappa shape index (κ3) is 9.40. The van der Waals surface area contributed by atoms with Gasteiger partial charge in [0.2, 0.25) is 0 Å². The Hall–Kier alpha value is -4.27. The van der Waals surface area contributed by atoms with E-state index >= 15 is 0 Å². The van der Waals surface area contributed by atoms with Crippen LogP contribution in [-0.4, -0.2) is 46.6 Å². The minimum atomic E-state index is -0.209. The van der Waals surface area contributed by atoms with Crippen molar-refractivity contribution in [1.29, 1.82) is 0 Å². The second-order valence-corrected chi connectivity index (χ2v) is 12.2. The first kappa shape index (κ1) is 34.1. The SMILES string of the molecule is CC(C)OCCNCc1cccc2c1ccn2Cc1ccccc1.Cc1cn(Cc2ccc(F)cc2)c2cccc(CNCCO)c12. The van der Waals surface area contributed by atoms with Crippen molar-refractivity contribution in [2.24, 2.45) is 0 Å². The van der Waals surface area contributed by atoms with Crippen molar-refractivity contribution >= 4 is 21.8 Å². The first-order valence-electron chi connectivity index (χ1n) is 16.5. The van der Waals surface area contributed by atoms with E-state index < -0.39 is 0 Å². The first-order chi connectivity index (χ1) is 22.9. The van der Waals surface area contributed by atoms with E-state index in [0.717, 1.165) is 44.9 Å². The highest BCUT2D eigenvalue weighted by Crippen LogP contribution is 2.26. The molecule has 6 aromatic rings. The number of aliphatic hydroxyl groups is 1. The molecule has 0 aliphatic rings. The maximum Gasteiger partial charge on any atom is 0.123 e. The normalized spacial score (nSPS) is 11.4. The van der Waals surface area contributed by atoms with Crippen molar-refractivity contribution in [3.05, 3.63) is 143 Å². The van der Waals surface area contributed by atoms with Crippen molar-refractivity contribution in [2.45, 2.75) is 53.1 Å². The molecule has 6 rings (SSSR count). The van der Waals surface area contributed by atoms with E-state index in [1.165, 1.54) is 56.2 Å². The lowest BCUT2D eigenvalue weighted by Crippen LogP contribution is -2.21. The van der Waals surface area contributed by atoms with Gasteiger partial charge in [0.15, 0.2) is 0 Å². The van der Waals surface area contributed by atoms with Gasteiger partial charge in [-0.3, -0.25) is 0 Å². The lowest BCUT2D eigenvalue weighted by atomic mass is 10.1. The smallest absolute Gasteiger partial charge is 0.123 e. The highest BCUT2D eigenvalue weighted by atomic mass is 19.1. The number of nitrogens with one attached hydrogen (secondary N) is 2. The third-order valence-corrected chi connectivity index (χ3v) is 8.20. The van der Waals surface area contributed by atoms with Gasteiger partial charge in [0.25, 0.3) is 0 Å². The molecule has 3 N–H and O–H groups in total. The Labute approximate surface area is 277 Å². The first-order valence-corrected chi connectivity index (χ1v) is 16.5. The van der Waals surface area contributed by atoms with Gasteiger partial charge in [-0.05, 0) is 78.9 Å². The molecule has 246 valence electrons. The molecule has 7 heteroatoms. The number of hydrogen-bond donors (Lipinski definition) is 3. The van der Waals surface area contributed by atoms with Gasteiger partial charge in [0.1, 0.15) is 5.82 Å². The molecule has 0 amide bonds. The number of fused-ring (bicyclic) bond motifs is 2. The molecule has 0 aliphatic carbocycles. The molecule has 0 radical (unpaired) electrons. The molecule has 2 heterocycles. The monoisotopic (exact) mass is 634 g/mol. The standard InChI is InChI=1S/C21H26N2O.C19H21FN2O/c1-17(2)24-14-12-22-15-19-9-6-10-21-20(19)11-13-23(21)16-18-7-4-3-5-8-18;1-14-12-22(13-15-5-7-17(20)8-6-15)18-4-2-3-16(19(14)18)11-21-9-10-23/h3-11,13,17,22H,12,14-16H2,1-2H3;2-8,12,21,23H,9-11,13H2,1H3. The van der Waals surface area contributed by atoms with Crippen molar-refractivity contribution in [3.63, 3.8) is 0 Å². The van der Waals surface area contributed by atoms with E-state index in [0.29, 0.717) is 12.6 Å². The van der Waals surface area contributed by atoms with Crippen LogP contribution in [0.5, 0.6) is 0 Å². The Morgan fingerprint density at radius 1 is 0.723 bits per heavy atom. The number of halogens is 1. The summed E-state index contributed by atoms with van der Waals surface area (Å²) in [6.07, 6.45) is 4.62. The van der Waals surface area contributed by atoms with Crippen molar-refractivity contribution in [3.8, 4) is 0 Å². The van der Waals surface area contributed by atoms with Gasteiger partial charge in [0, 0.05) is 73.5 Å². The molecular weight excluding hydrogens is 587 g/mol. The van der Waals surface area contributed by atoms with Gasteiger partial charge in [0.05, 0.1) is 19.3 Å². The second-order valence-electron chi connectivity index (χ2n) is 12.2. The highest BCUT2D eigenvalue weighted by Gasteiger charge is 2.10. The molecule has 0 bridgehead atoms. The van der Waals surface area contributed by atoms with Gasteiger partial charge >= 0.3 is 0 Å². The number of ether oxygens (including phenoxy) is 1. The average molecular weight is 635 g/mol. The molecule has 0 unspecified atom stereocenters. The lowest BCUT2D eigenvalue weighted by molar-refractivity contribution is 0.0807. The van der Waals surface area contributed by atoms with Crippen LogP contribution in [0.1, 0.15) is 41.7 Å². The predicted octanol–water partition coefficient (Wildman–Crippen LogP) is 7.42. The fourth-order valence-corrected chi connectivity index (χ4v) is 5.96. The maximum atomic E-state index is 13.1. The molecular formula is C40H47FN4O2. The summed E-state index contributed by atoms with van der Waals surface area (Å²) in [6, 6.07) is 32.3. The molecule has 0 saturated carbocycles. The molecule has 2 aromatic heterocycles. The Balaban J connectivity index is 0.000000185. The number of aliphatic hydroxyl groups excluding tert-OH is 1. The summed E-state index contributed by atoms with van der Waals surface area (Å²) in [5.41, 5.74) is 8.65. The number of nitrogens with zero attached hydrogens (tertiary/aromatic N) is 2. The Kier molecular flexibility index (Phi) is 12.4. The van der Waals surface area contributed by atoms with Crippen LogP contribution in [-0.2, 0) is 30.9 Å². The number of hydrogen-bond acceptors (Lipinski definition) is 4. The zero-order chi connectivity index (χ0) is 33.0. The van der Waals surface area contributed by atoms with Gasteiger partial charge in [-0.25, -0.2) is 4.39 Å². The van der Waals surface area contributed by atoms with E-state index in [2.05, 4.69) is 126 Å². The van der Waals surface area contributed by atoms with E-state index in [9.17, 15) is 4.39 Å². The van der Waals surface area contributed by atoms with Gasteiger partial charge in [-0.15, -0.1) is 0 Å². The van der Waals surface area contributed by atoms with Crippen LogP contribution in [0.4, 0.5) is 4.39 Å². The number of benzene rings is 4. The topological polar surface area (TPSA) is 63.4 Å². The summed E-state index contributed by atoms with van der Waals surface area (Å²) in [4.78, 5) is 0. The zero-order valence-corrected chi connectivity index (χ0v) is 27.8. The summed E-state index contributed by atoms with van der Waals surface area (Å²) < 4.78 is 23.1. The minimum absolute atomic E-state index is 0.139. The van der Waals surface area contributed by atoms with Gasteiger partial charge in [-0.1, -0.05) is 66.7 Å². The Bertz CT molecular complexity index is 1830. The summed E-state index contributed by atoms with van der Waals surface area (Å²) in [5.74, 6) is -0.209. The fraction of sp³-hybridized carbons (Fsp3) is 0.300. The zero-order valence-electron chi connectivity index (χ0n) is 27.8. The van der Waals surface area contributed by atoms with E-state index in [1.54, 1.807) is 0 Å². The molecule has 0 saturated heterocycles. The van der Waals surface area contributed by atoms with E-state index in [1.807, 2.05) is 12.1 Å². The van der Waals surface area contributed by atoms with Crippen LogP contribution in [0.3, 0.4) is 0 Å². The fourth-order valence-electron chi connectivity index (χ4n) is 5.96. The summed E-state index contributed by atoms with van der Waals surface area (Å²) in [5, 5.41) is 18.2. The quantitative estimate of drug-likeness (QED) is 0.109. The van der Waals surface area contributed by atoms with E-state index in [4.69, 9.17) is 9.84 Å². The predicted molar refractivity (Wildman–Crippen MR) is 191 cm³/mol.